The van der Waals surface area contributed by atoms with Crippen LogP contribution in [-0.4, -0.2) is 35.5 Å². The second kappa shape index (κ2) is 5.84. The lowest BCUT2D eigenvalue weighted by Gasteiger charge is -2.38. The maximum Gasteiger partial charge on any atom is 0.123 e. The Bertz CT molecular complexity index is 444. The molecular weight excluding hydrogens is 302 g/mol. The molecule has 19 heavy (non-hydrogen) atoms. The average molecular weight is 324 g/mol. The van der Waals surface area contributed by atoms with E-state index >= 15 is 0 Å². The Kier molecular flexibility index (Phi) is 4.13. The molecule has 0 saturated heterocycles. The molecule has 0 aromatic heterocycles. The van der Waals surface area contributed by atoms with E-state index in [1.165, 1.54) is 30.4 Å². The lowest BCUT2D eigenvalue weighted by atomic mass is 9.91. The highest BCUT2D eigenvalue weighted by atomic mass is 79.9. The van der Waals surface area contributed by atoms with Crippen molar-refractivity contribution in [1.29, 1.82) is 0 Å². The largest absolute Gasteiger partial charge is 0.488 e. The Labute approximate surface area is 124 Å². The van der Waals surface area contributed by atoms with E-state index in [0.29, 0.717) is 6.10 Å². The number of nitrogens with zero attached hydrogens (tertiary/aromatic N) is 1. The fourth-order valence-corrected chi connectivity index (χ4v) is 3.55. The first-order chi connectivity index (χ1) is 9.26. The third-order valence-corrected chi connectivity index (χ3v) is 4.71. The molecule has 2 nitrogen and oxygen atoms in total. The van der Waals surface area contributed by atoms with Gasteiger partial charge in [0.05, 0.1) is 0 Å². The topological polar surface area (TPSA) is 12.5 Å². The lowest BCUT2D eigenvalue weighted by molar-refractivity contribution is 0.0845. The summed E-state index contributed by atoms with van der Waals surface area (Å²) < 4.78 is 6.10. The molecule has 0 amide bonds. The van der Waals surface area contributed by atoms with Crippen molar-refractivity contribution in [2.24, 2.45) is 0 Å². The predicted molar refractivity (Wildman–Crippen MR) is 82.3 cm³/mol. The molecule has 1 heterocycles. The summed E-state index contributed by atoms with van der Waals surface area (Å²) in [5, 5.41) is 1.06. The van der Waals surface area contributed by atoms with Crippen LogP contribution in [0.1, 0.15) is 30.4 Å². The fourth-order valence-electron chi connectivity index (χ4n) is 3.10. The van der Waals surface area contributed by atoms with Gasteiger partial charge in [-0.2, -0.15) is 0 Å². The van der Waals surface area contributed by atoms with Crippen molar-refractivity contribution in [1.82, 2.24) is 4.90 Å². The Morgan fingerprint density at radius 1 is 1.37 bits per heavy atom. The van der Waals surface area contributed by atoms with E-state index in [0.717, 1.165) is 36.6 Å². The summed E-state index contributed by atoms with van der Waals surface area (Å²) in [7, 11) is 0. The number of hydrogen-bond acceptors (Lipinski definition) is 2. The number of alkyl halides is 1. The van der Waals surface area contributed by atoms with Gasteiger partial charge in [0.1, 0.15) is 11.9 Å². The van der Waals surface area contributed by atoms with E-state index in [2.05, 4.69) is 46.0 Å². The molecule has 1 fully saturated rings. The zero-order valence-electron chi connectivity index (χ0n) is 11.6. The molecule has 0 radical (unpaired) electrons. The summed E-state index contributed by atoms with van der Waals surface area (Å²) in [6, 6.07) is 7.34. The maximum absolute atomic E-state index is 6.10. The number of fused-ring (bicyclic) bond motifs is 1. The van der Waals surface area contributed by atoms with E-state index in [-0.39, 0.29) is 0 Å². The SMILES string of the molecule is Cc1ccc2c(c1)CC(CN(CCBr)C1CCC1)O2. The average Bonchev–Trinajstić information content (AvgIpc) is 2.68. The maximum atomic E-state index is 6.10. The second-order valence-electron chi connectivity index (χ2n) is 5.82. The second-order valence-corrected chi connectivity index (χ2v) is 6.62. The van der Waals surface area contributed by atoms with Crippen molar-refractivity contribution in [2.75, 3.05) is 18.4 Å². The molecule has 0 bridgehead atoms. The van der Waals surface area contributed by atoms with E-state index in [4.69, 9.17) is 4.74 Å². The van der Waals surface area contributed by atoms with Crippen molar-refractivity contribution >= 4 is 15.9 Å². The molecule has 1 aliphatic carbocycles. The first kappa shape index (κ1) is 13.4. The molecule has 1 aromatic rings. The monoisotopic (exact) mass is 323 g/mol. The number of benzene rings is 1. The van der Waals surface area contributed by atoms with E-state index in [1.807, 2.05) is 0 Å². The van der Waals surface area contributed by atoms with Crippen LogP contribution in [0.15, 0.2) is 18.2 Å². The van der Waals surface area contributed by atoms with E-state index < -0.39 is 0 Å². The predicted octanol–water partition coefficient (Wildman–Crippen LogP) is 3.55. The Morgan fingerprint density at radius 3 is 2.89 bits per heavy atom. The Morgan fingerprint density at radius 2 is 2.21 bits per heavy atom. The Hall–Kier alpha value is -0.540. The quantitative estimate of drug-likeness (QED) is 0.768. The summed E-state index contributed by atoms with van der Waals surface area (Å²) in [6.07, 6.45) is 5.55. The van der Waals surface area contributed by atoms with Crippen LogP contribution in [0.5, 0.6) is 5.75 Å². The summed E-state index contributed by atoms with van der Waals surface area (Å²) in [4.78, 5) is 2.61. The van der Waals surface area contributed by atoms with Crippen molar-refractivity contribution in [2.45, 2.75) is 44.8 Å². The number of hydrogen-bond donors (Lipinski definition) is 0. The van der Waals surface area contributed by atoms with Gasteiger partial charge < -0.3 is 4.74 Å². The lowest BCUT2D eigenvalue weighted by Crippen LogP contribution is -2.46. The van der Waals surface area contributed by atoms with Crippen LogP contribution in [0.3, 0.4) is 0 Å². The van der Waals surface area contributed by atoms with Crippen LogP contribution in [-0.2, 0) is 6.42 Å². The third kappa shape index (κ3) is 2.97. The van der Waals surface area contributed by atoms with Crippen molar-refractivity contribution in [3.05, 3.63) is 29.3 Å². The molecular formula is C16H22BrNO. The highest BCUT2D eigenvalue weighted by molar-refractivity contribution is 9.09. The molecule has 104 valence electrons. The Balaban J connectivity index is 1.62. The van der Waals surface area contributed by atoms with Crippen LogP contribution >= 0.6 is 15.9 Å². The van der Waals surface area contributed by atoms with Gasteiger partial charge >= 0.3 is 0 Å². The van der Waals surface area contributed by atoms with Crippen LogP contribution in [0.2, 0.25) is 0 Å². The van der Waals surface area contributed by atoms with Crippen LogP contribution in [0.4, 0.5) is 0 Å². The zero-order valence-corrected chi connectivity index (χ0v) is 13.2. The highest BCUT2D eigenvalue weighted by Gasteiger charge is 2.30. The van der Waals surface area contributed by atoms with Gasteiger partial charge in [-0.05, 0) is 31.4 Å². The standard InChI is InChI=1S/C16H22BrNO/c1-12-5-6-16-13(9-12)10-15(19-16)11-18(8-7-17)14-3-2-4-14/h5-6,9,14-15H,2-4,7-8,10-11H2,1H3. The van der Waals surface area contributed by atoms with Crippen molar-refractivity contribution < 1.29 is 4.74 Å². The smallest absolute Gasteiger partial charge is 0.123 e. The van der Waals surface area contributed by atoms with Gasteiger partial charge in [0.15, 0.2) is 0 Å². The molecule has 1 aromatic carbocycles. The first-order valence-corrected chi connectivity index (χ1v) is 8.44. The van der Waals surface area contributed by atoms with Crippen LogP contribution in [0.25, 0.3) is 0 Å². The minimum Gasteiger partial charge on any atom is -0.488 e. The molecule has 2 aliphatic rings. The minimum atomic E-state index is 0.344. The van der Waals surface area contributed by atoms with Gasteiger partial charge in [-0.25, -0.2) is 0 Å². The summed E-state index contributed by atoms with van der Waals surface area (Å²) >= 11 is 3.58. The van der Waals surface area contributed by atoms with Gasteiger partial charge in [0.25, 0.3) is 0 Å². The molecule has 3 rings (SSSR count). The summed E-state index contributed by atoms with van der Waals surface area (Å²) in [5.41, 5.74) is 2.72. The highest BCUT2D eigenvalue weighted by Crippen LogP contribution is 2.31. The molecule has 0 N–H and O–H groups in total. The molecule has 1 unspecified atom stereocenters. The van der Waals surface area contributed by atoms with Gasteiger partial charge in [0, 0.05) is 30.9 Å². The summed E-state index contributed by atoms with van der Waals surface area (Å²) in [5.74, 6) is 1.10. The fraction of sp³-hybridized carbons (Fsp3) is 0.625. The number of ether oxygens (including phenoxy) is 1. The molecule has 0 spiro atoms. The normalized spacial score (nSPS) is 22.2. The minimum absolute atomic E-state index is 0.344. The van der Waals surface area contributed by atoms with Gasteiger partial charge in [-0.3, -0.25) is 4.90 Å². The van der Waals surface area contributed by atoms with E-state index in [9.17, 15) is 0 Å². The van der Waals surface area contributed by atoms with Crippen molar-refractivity contribution in [3.8, 4) is 5.75 Å². The number of halogens is 1. The van der Waals surface area contributed by atoms with Gasteiger partial charge in [-0.15, -0.1) is 0 Å². The van der Waals surface area contributed by atoms with Crippen LogP contribution < -0.4 is 4.74 Å². The number of aryl methyl sites for hydroxylation is 1. The molecule has 1 atom stereocenters. The van der Waals surface area contributed by atoms with Gasteiger partial charge in [-0.1, -0.05) is 40.0 Å². The zero-order chi connectivity index (χ0) is 13.2. The van der Waals surface area contributed by atoms with Crippen molar-refractivity contribution in [3.63, 3.8) is 0 Å². The summed E-state index contributed by atoms with van der Waals surface area (Å²) in [6.45, 7) is 4.36. The van der Waals surface area contributed by atoms with Crippen LogP contribution in [0, 0.1) is 6.92 Å². The van der Waals surface area contributed by atoms with Gasteiger partial charge in [0.2, 0.25) is 0 Å². The van der Waals surface area contributed by atoms with E-state index in [1.54, 1.807) is 0 Å². The molecule has 1 saturated carbocycles. The molecule has 1 aliphatic heterocycles. The molecule has 3 heteroatoms. The first-order valence-electron chi connectivity index (χ1n) is 7.32. The number of rotatable bonds is 5. The third-order valence-electron chi connectivity index (χ3n) is 4.36.